The van der Waals surface area contributed by atoms with E-state index in [2.05, 4.69) is 5.32 Å². The van der Waals surface area contributed by atoms with E-state index in [1.165, 1.54) is 17.0 Å². The van der Waals surface area contributed by atoms with Gasteiger partial charge in [0, 0.05) is 23.2 Å². The second kappa shape index (κ2) is 10.8. The fourth-order valence-corrected chi connectivity index (χ4v) is 4.23. The third kappa shape index (κ3) is 5.52. The van der Waals surface area contributed by atoms with Crippen LogP contribution in [-0.2, 0) is 16.1 Å². The summed E-state index contributed by atoms with van der Waals surface area (Å²) in [4.78, 5) is 27.5. The lowest BCUT2D eigenvalue weighted by Gasteiger charge is -2.33. The first kappa shape index (κ1) is 22.6. The molecule has 0 heterocycles. The molecule has 2 aromatic carbocycles. The van der Waals surface area contributed by atoms with Gasteiger partial charge in [-0.25, -0.2) is 4.39 Å². The van der Waals surface area contributed by atoms with Gasteiger partial charge in [0.1, 0.15) is 17.7 Å². The standard InChI is InChI=1S/C23H25Cl2FN2O2/c24-14-21(29)28(15-16-8-4-6-12-19(16)25)22(18-11-5-7-13-20(18)26)23(30)27-17-9-2-1-3-10-17/h4-8,11-13,17,22H,1-3,9-10,14-15H2,(H,27,30). The summed E-state index contributed by atoms with van der Waals surface area (Å²) in [7, 11) is 0. The second-order valence-corrected chi connectivity index (χ2v) is 8.19. The molecule has 0 saturated heterocycles. The first-order valence-electron chi connectivity index (χ1n) is 10.1. The molecule has 3 rings (SSSR count). The average Bonchev–Trinajstić information content (AvgIpc) is 2.76. The summed E-state index contributed by atoms with van der Waals surface area (Å²) in [5.41, 5.74) is 0.792. The van der Waals surface area contributed by atoms with E-state index in [4.69, 9.17) is 23.2 Å². The molecule has 4 nitrogen and oxygen atoms in total. The predicted octanol–water partition coefficient (Wildman–Crippen LogP) is 5.24. The zero-order valence-corrected chi connectivity index (χ0v) is 18.1. The Morgan fingerprint density at radius 1 is 1.07 bits per heavy atom. The highest BCUT2D eigenvalue weighted by atomic mass is 35.5. The minimum atomic E-state index is -1.14. The number of alkyl halides is 1. The van der Waals surface area contributed by atoms with Crippen LogP contribution in [0.3, 0.4) is 0 Å². The lowest BCUT2D eigenvalue weighted by molar-refractivity contribution is -0.140. The summed E-state index contributed by atoms with van der Waals surface area (Å²) in [5, 5.41) is 3.49. The molecular formula is C23H25Cl2FN2O2. The van der Waals surface area contributed by atoms with E-state index in [1.807, 2.05) is 0 Å². The van der Waals surface area contributed by atoms with Gasteiger partial charge in [0.25, 0.3) is 0 Å². The van der Waals surface area contributed by atoms with Crippen molar-refractivity contribution in [2.75, 3.05) is 5.88 Å². The monoisotopic (exact) mass is 450 g/mol. The summed E-state index contributed by atoms with van der Waals surface area (Å²) in [6.45, 7) is 0.0440. The highest BCUT2D eigenvalue weighted by Gasteiger charge is 2.34. The van der Waals surface area contributed by atoms with E-state index < -0.39 is 23.7 Å². The van der Waals surface area contributed by atoms with Crippen LogP contribution in [-0.4, -0.2) is 28.6 Å². The van der Waals surface area contributed by atoms with Crippen LogP contribution in [0.1, 0.15) is 49.3 Å². The van der Waals surface area contributed by atoms with Crippen molar-refractivity contribution in [3.8, 4) is 0 Å². The van der Waals surface area contributed by atoms with Gasteiger partial charge in [-0.15, -0.1) is 11.6 Å². The summed E-state index contributed by atoms with van der Waals surface area (Å²) in [6, 6.07) is 12.0. The fourth-order valence-electron chi connectivity index (χ4n) is 3.88. The number of carbonyl (C=O) groups is 2. The molecule has 0 bridgehead atoms. The Morgan fingerprint density at radius 3 is 2.40 bits per heavy atom. The molecule has 1 atom stereocenters. The van der Waals surface area contributed by atoms with E-state index in [-0.39, 0.29) is 24.0 Å². The lowest BCUT2D eigenvalue weighted by atomic mass is 9.94. The molecular weight excluding hydrogens is 426 g/mol. The predicted molar refractivity (Wildman–Crippen MR) is 117 cm³/mol. The average molecular weight is 451 g/mol. The van der Waals surface area contributed by atoms with Crippen molar-refractivity contribution in [2.45, 2.75) is 50.7 Å². The first-order valence-corrected chi connectivity index (χ1v) is 11.1. The molecule has 1 aliphatic rings. The summed E-state index contributed by atoms with van der Waals surface area (Å²) < 4.78 is 14.7. The summed E-state index contributed by atoms with van der Waals surface area (Å²) in [6.07, 6.45) is 4.98. The Kier molecular flexibility index (Phi) is 8.11. The van der Waals surface area contributed by atoms with E-state index in [0.717, 1.165) is 32.1 Å². The van der Waals surface area contributed by atoms with Crippen molar-refractivity contribution < 1.29 is 14.0 Å². The Balaban J connectivity index is 1.98. The molecule has 0 radical (unpaired) electrons. The maximum atomic E-state index is 14.7. The first-order chi connectivity index (χ1) is 14.5. The van der Waals surface area contributed by atoms with Crippen molar-refractivity contribution in [3.05, 3.63) is 70.5 Å². The number of benzene rings is 2. The maximum absolute atomic E-state index is 14.7. The van der Waals surface area contributed by atoms with E-state index in [0.29, 0.717) is 10.6 Å². The van der Waals surface area contributed by atoms with Crippen molar-refractivity contribution in [1.82, 2.24) is 10.2 Å². The Morgan fingerprint density at radius 2 is 1.73 bits per heavy atom. The van der Waals surface area contributed by atoms with Gasteiger partial charge in [-0.1, -0.05) is 67.3 Å². The van der Waals surface area contributed by atoms with Crippen molar-refractivity contribution in [3.63, 3.8) is 0 Å². The minimum absolute atomic E-state index is 0.0220. The highest BCUT2D eigenvalue weighted by molar-refractivity contribution is 6.31. The van der Waals surface area contributed by atoms with Crippen LogP contribution in [0.4, 0.5) is 4.39 Å². The third-order valence-corrected chi connectivity index (χ3v) is 6.04. The van der Waals surface area contributed by atoms with Crippen LogP contribution < -0.4 is 5.32 Å². The van der Waals surface area contributed by atoms with Crippen LogP contribution in [0.5, 0.6) is 0 Å². The molecule has 1 saturated carbocycles. The van der Waals surface area contributed by atoms with Gasteiger partial charge in [0.15, 0.2) is 0 Å². The molecule has 1 fully saturated rings. The molecule has 2 amide bonds. The molecule has 0 spiro atoms. The van der Waals surface area contributed by atoms with Crippen molar-refractivity contribution in [1.29, 1.82) is 0 Å². The van der Waals surface area contributed by atoms with Crippen LogP contribution in [0.2, 0.25) is 5.02 Å². The van der Waals surface area contributed by atoms with Gasteiger partial charge < -0.3 is 10.2 Å². The molecule has 30 heavy (non-hydrogen) atoms. The van der Waals surface area contributed by atoms with Crippen LogP contribution >= 0.6 is 23.2 Å². The molecule has 1 unspecified atom stereocenters. The molecule has 0 aliphatic heterocycles. The number of carbonyl (C=O) groups excluding carboxylic acids is 2. The summed E-state index contributed by atoms with van der Waals surface area (Å²) >= 11 is 12.2. The number of rotatable bonds is 7. The molecule has 1 N–H and O–H groups in total. The Hall–Kier alpha value is -2.11. The van der Waals surface area contributed by atoms with Crippen molar-refractivity contribution in [2.24, 2.45) is 0 Å². The molecule has 2 aromatic rings. The van der Waals surface area contributed by atoms with Gasteiger partial charge in [0.2, 0.25) is 11.8 Å². The van der Waals surface area contributed by atoms with Crippen LogP contribution in [0.25, 0.3) is 0 Å². The number of nitrogens with zero attached hydrogens (tertiary/aromatic N) is 1. The second-order valence-electron chi connectivity index (χ2n) is 7.51. The van der Waals surface area contributed by atoms with Gasteiger partial charge in [-0.05, 0) is 30.5 Å². The van der Waals surface area contributed by atoms with Gasteiger partial charge in [-0.3, -0.25) is 9.59 Å². The SMILES string of the molecule is O=C(NC1CCCCC1)C(c1ccccc1F)N(Cc1ccccc1Cl)C(=O)CCl. The quantitative estimate of drug-likeness (QED) is 0.586. The van der Waals surface area contributed by atoms with E-state index in [9.17, 15) is 14.0 Å². The van der Waals surface area contributed by atoms with Crippen LogP contribution in [0, 0.1) is 5.82 Å². The number of hydrogen-bond acceptors (Lipinski definition) is 2. The van der Waals surface area contributed by atoms with Crippen LogP contribution in [0.15, 0.2) is 48.5 Å². The minimum Gasteiger partial charge on any atom is -0.351 e. The summed E-state index contributed by atoms with van der Waals surface area (Å²) in [5.74, 6) is -1.75. The van der Waals surface area contributed by atoms with Gasteiger partial charge >= 0.3 is 0 Å². The fraction of sp³-hybridized carbons (Fsp3) is 0.391. The topological polar surface area (TPSA) is 49.4 Å². The van der Waals surface area contributed by atoms with E-state index in [1.54, 1.807) is 36.4 Å². The number of nitrogens with one attached hydrogen (secondary N) is 1. The number of amides is 2. The Bertz CT molecular complexity index is 887. The largest absolute Gasteiger partial charge is 0.351 e. The highest BCUT2D eigenvalue weighted by Crippen LogP contribution is 2.29. The zero-order valence-electron chi connectivity index (χ0n) is 16.6. The third-order valence-electron chi connectivity index (χ3n) is 5.44. The lowest BCUT2D eigenvalue weighted by Crippen LogP contribution is -2.47. The molecule has 1 aliphatic carbocycles. The Labute approximate surface area is 186 Å². The molecule has 160 valence electrons. The number of halogens is 3. The maximum Gasteiger partial charge on any atom is 0.247 e. The molecule has 0 aromatic heterocycles. The van der Waals surface area contributed by atoms with Gasteiger partial charge in [-0.2, -0.15) is 0 Å². The zero-order chi connectivity index (χ0) is 21.5. The normalized spacial score (nSPS) is 15.4. The smallest absolute Gasteiger partial charge is 0.247 e. The number of hydrogen-bond donors (Lipinski definition) is 1. The molecule has 7 heteroatoms. The van der Waals surface area contributed by atoms with Crippen molar-refractivity contribution >= 4 is 35.0 Å². The van der Waals surface area contributed by atoms with E-state index >= 15 is 0 Å². The van der Waals surface area contributed by atoms with Gasteiger partial charge in [0.05, 0.1) is 0 Å².